The lowest BCUT2D eigenvalue weighted by atomic mass is 10.2. The van der Waals surface area contributed by atoms with E-state index in [2.05, 4.69) is 25.9 Å². The fourth-order valence-electron chi connectivity index (χ4n) is 1.26. The molecule has 0 unspecified atom stereocenters. The second kappa shape index (κ2) is 3.50. The molecule has 0 aliphatic carbocycles. The molecule has 15 heavy (non-hydrogen) atoms. The summed E-state index contributed by atoms with van der Waals surface area (Å²) in [5.74, 6) is -0.679. The number of H-pyrrole nitrogens is 1. The molecular formula is C8H6BrN3O3. The van der Waals surface area contributed by atoms with Crippen molar-refractivity contribution in [3.63, 3.8) is 0 Å². The van der Waals surface area contributed by atoms with Crippen molar-refractivity contribution in [1.82, 2.24) is 14.4 Å². The van der Waals surface area contributed by atoms with Gasteiger partial charge >= 0.3 is 5.97 Å². The number of aromatic nitrogens is 3. The SMILES string of the molecule is O=C(O)Cc1cnc2[nH]cc(Br)n2c1=O. The highest BCUT2D eigenvalue weighted by Gasteiger charge is 2.10. The van der Waals surface area contributed by atoms with Crippen molar-refractivity contribution in [1.29, 1.82) is 0 Å². The van der Waals surface area contributed by atoms with E-state index in [1.54, 1.807) is 6.20 Å². The van der Waals surface area contributed by atoms with Gasteiger partial charge in [-0.2, -0.15) is 0 Å². The van der Waals surface area contributed by atoms with Crippen LogP contribution in [0.3, 0.4) is 0 Å². The highest BCUT2D eigenvalue weighted by atomic mass is 79.9. The number of fused-ring (bicyclic) bond motifs is 1. The summed E-state index contributed by atoms with van der Waals surface area (Å²) in [7, 11) is 0. The molecule has 0 bridgehead atoms. The maximum atomic E-state index is 11.8. The van der Waals surface area contributed by atoms with Crippen LogP contribution in [0.4, 0.5) is 0 Å². The minimum Gasteiger partial charge on any atom is -0.481 e. The number of rotatable bonds is 2. The van der Waals surface area contributed by atoms with Crippen LogP contribution >= 0.6 is 15.9 Å². The molecule has 0 aliphatic heterocycles. The molecule has 2 aromatic rings. The standard InChI is InChI=1S/C8H6BrN3O3/c9-5-3-11-8-10-2-4(1-6(13)14)7(15)12(5)8/h2-3H,1H2,(H,10,11)(H,13,14). The number of imidazole rings is 1. The molecule has 0 fully saturated rings. The Morgan fingerprint density at radius 2 is 2.40 bits per heavy atom. The first-order valence-electron chi connectivity index (χ1n) is 4.05. The van der Waals surface area contributed by atoms with Crippen LogP contribution in [0, 0.1) is 0 Å². The number of carboxylic acid groups (broad SMARTS) is 1. The third-order valence-electron chi connectivity index (χ3n) is 1.91. The number of aromatic amines is 1. The third kappa shape index (κ3) is 1.65. The van der Waals surface area contributed by atoms with Crippen molar-refractivity contribution in [2.45, 2.75) is 6.42 Å². The average Bonchev–Trinajstić information content (AvgIpc) is 2.53. The van der Waals surface area contributed by atoms with Crippen molar-refractivity contribution < 1.29 is 9.90 Å². The van der Waals surface area contributed by atoms with Gasteiger partial charge in [-0.05, 0) is 15.9 Å². The molecule has 0 aromatic carbocycles. The second-order valence-electron chi connectivity index (χ2n) is 2.93. The minimum absolute atomic E-state index is 0.153. The lowest BCUT2D eigenvalue weighted by Crippen LogP contribution is -2.21. The van der Waals surface area contributed by atoms with E-state index >= 15 is 0 Å². The van der Waals surface area contributed by atoms with Crippen LogP contribution in [-0.2, 0) is 11.2 Å². The van der Waals surface area contributed by atoms with E-state index in [-0.39, 0.29) is 17.5 Å². The van der Waals surface area contributed by atoms with Crippen molar-refractivity contribution in [3.8, 4) is 0 Å². The van der Waals surface area contributed by atoms with Gasteiger partial charge in [-0.15, -0.1) is 0 Å². The maximum Gasteiger partial charge on any atom is 0.308 e. The Balaban J connectivity index is 2.69. The molecule has 6 nitrogen and oxygen atoms in total. The zero-order chi connectivity index (χ0) is 11.0. The van der Waals surface area contributed by atoms with Crippen molar-refractivity contribution >= 4 is 27.7 Å². The first-order chi connectivity index (χ1) is 7.09. The largest absolute Gasteiger partial charge is 0.481 e. The molecule has 2 heterocycles. The van der Waals surface area contributed by atoms with Gasteiger partial charge in [-0.25, -0.2) is 9.38 Å². The van der Waals surface area contributed by atoms with E-state index < -0.39 is 5.97 Å². The fourth-order valence-corrected chi connectivity index (χ4v) is 1.71. The summed E-state index contributed by atoms with van der Waals surface area (Å²) in [4.78, 5) is 28.9. The topological polar surface area (TPSA) is 87.5 Å². The highest BCUT2D eigenvalue weighted by molar-refractivity contribution is 9.10. The average molecular weight is 272 g/mol. The van der Waals surface area contributed by atoms with Gasteiger partial charge in [-0.1, -0.05) is 0 Å². The second-order valence-corrected chi connectivity index (χ2v) is 3.74. The van der Waals surface area contributed by atoms with E-state index in [0.717, 1.165) is 0 Å². The summed E-state index contributed by atoms with van der Waals surface area (Å²) < 4.78 is 1.79. The third-order valence-corrected chi connectivity index (χ3v) is 2.49. The number of halogens is 1. The van der Waals surface area contributed by atoms with Gasteiger partial charge in [0.25, 0.3) is 5.56 Å². The molecule has 78 valence electrons. The molecule has 0 amide bonds. The van der Waals surface area contributed by atoms with Crippen LogP contribution < -0.4 is 5.56 Å². The molecule has 7 heteroatoms. The Labute approximate surface area is 91.7 Å². The summed E-state index contributed by atoms with van der Waals surface area (Å²) in [6.07, 6.45) is 2.51. The summed E-state index contributed by atoms with van der Waals surface area (Å²) in [6.45, 7) is 0. The molecule has 0 saturated heterocycles. The van der Waals surface area contributed by atoms with Gasteiger partial charge in [0.15, 0.2) is 0 Å². The normalized spacial score (nSPS) is 10.7. The fraction of sp³-hybridized carbons (Fsp3) is 0.125. The van der Waals surface area contributed by atoms with E-state index in [9.17, 15) is 9.59 Å². The number of nitrogens with zero attached hydrogens (tertiary/aromatic N) is 2. The Hall–Kier alpha value is -1.63. The van der Waals surface area contributed by atoms with Gasteiger partial charge in [0, 0.05) is 18.0 Å². The van der Waals surface area contributed by atoms with Gasteiger partial charge in [0.2, 0.25) is 5.78 Å². The molecular weight excluding hydrogens is 266 g/mol. The maximum absolute atomic E-state index is 11.8. The van der Waals surface area contributed by atoms with Crippen molar-refractivity contribution in [2.75, 3.05) is 0 Å². The van der Waals surface area contributed by atoms with Gasteiger partial charge in [-0.3, -0.25) is 9.59 Å². The first kappa shape index (κ1) is 9.91. The molecule has 2 aromatic heterocycles. The molecule has 0 aliphatic rings. The van der Waals surface area contributed by atoms with Crippen LogP contribution in [0.1, 0.15) is 5.56 Å². The number of hydrogen-bond donors (Lipinski definition) is 2. The van der Waals surface area contributed by atoms with E-state index in [4.69, 9.17) is 5.11 Å². The van der Waals surface area contributed by atoms with Crippen molar-refractivity contribution in [3.05, 3.63) is 32.9 Å². The molecule has 0 radical (unpaired) electrons. The van der Waals surface area contributed by atoms with Crippen LogP contribution in [0.5, 0.6) is 0 Å². The molecule has 0 saturated carbocycles. The lowest BCUT2D eigenvalue weighted by molar-refractivity contribution is -0.136. The number of nitrogens with one attached hydrogen (secondary N) is 1. The van der Waals surface area contributed by atoms with Crippen LogP contribution in [0.2, 0.25) is 0 Å². The monoisotopic (exact) mass is 271 g/mol. The Bertz CT molecular complexity index is 586. The number of aliphatic carboxylic acids is 1. The van der Waals surface area contributed by atoms with E-state index in [1.165, 1.54) is 10.6 Å². The van der Waals surface area contributed by atoms with Crippen LogP contribution in [-0.4, -0.2) is 25.4 Å². The number of hydrogen-bond acceptors (Lipinski definition) is 3. The zero-order valence-electron chi connectivity index (χ0n) is 7.40. The molecule has 2 rings (SSSR count). The quantitative estimate of drug-likeness (QED) is 0.829. The smallest absolute Gasteiger partial charge is 0.308 e. The number of carbonyl (C=O) groups is 1. The summed E-state index contributed by atoms with van der Waals surface area (Å²) >= 11 is 3.16. The van der Waals surface area contributed by atoms with Gasteiger partial charge in [0.05, 0.1) is 6.42 Å². The van der Waals surface area contributed by atoms with Crippen LogP contribution in [0.15, 0.2) is 21.8 Å². The molecule has 2 N–H and O–H groups in total. The number of carboxylic acids is 1. The Kier molecular flexibility index (Phi) is 2.31. The lowest BCUT2D eigenvalue weighted by Gasteiger charge is -1.97. The summed E-state index contributed by atoms with van der Waals surface area (Å²) in [5.41, 5.74) is -0.226. The predicted octanol–water partition coefficient (Wildman–Crippen LogP) is 0.412. The highest BCUT2D eigenvalue weighted by Crippen LogP contribution is 2.08. The molecule has 0 atom stereocenters. The van der Waals surface area contributed by atoms with E-state index in [1.807, 2.05) is 0 Å². The first-order valence-corrected chi connectivity index (χ1v) is 4.84. The van der Waals surface area contributed by atoms with Crippen molar-refractivity contribution in [2.24, 2.45) is 0 Å². The van der Waals surface area contributed by atoms with Gasteiger partial charge in [0.1, 0.15) is 4.60 Å². The van der Waals surface area contributed by atoms with Crippen LogP contribution in [0.25, 0.3) is 5.78 Å². The zero-order valence-corrected chi connectivity index (χ0v) is 8.98. The predicted molar refractivity (Wildman–Crippen MR) is 54.9 cm³/mol. The summed E-state index contributed by atoms with van der Waals surface area (Å²) in [6, 6.07) is 0. The Morgan fingerprint density at radius 1 is 1.67 bits per heavy atom. The van der Waals surface area contributed by atoms with E-state index in [0.29, 0.717) is 10.4 Å². The van der Waals surface area contributed by atoms with Gasteiger partial charge < -0.3 is 10.1 Å². The minimum atomic E-state index is -1.06. The summed E-state index contributed by atoms with van der Waals surface area (Å²) in [5, 5.41) is 8.59. The Morgan fingerprint density at radius 3 is 3.07 bits per heavy atom. The molecule has 0 spiro atoms.